The standard InChI is InChI=1S/C19H21N3O6/c1-4-7-13-10-12(11-14(27-5-2)17(13)28-6-3)8-9-15-20-18(23)16(22(25)26)19(24)21-15/h4,8-11H,1,5-7H2,2-3H3,(H2,20,21,23,24)/b9-8-. The third-order valence-corrected chi connectivity index (χ3v) is 3.62. The first-order chi connectivity index (χ1) is 13.4. The van der Waals surface area contributed by atoms with Gasteiger partial charge < -0.3 is 19.6 Å². The minimum absolute atomic E-state index is 0.0229. The van der Waals surface area contributed by atoms with Crippen LogP contribution in [-0.2, 0) is 6.42 Å². The van der Waals surface area contributed by atoms with Gasteiger partial charge in [0, 0.05) is 5.56 Å². The maximum atomic E-state index is 11.7. The number of ether oxygens (including phenoxy) is 2. The van der Waals surface area contributed by atoms with Crippen molar-refractivity contribution < 1.29 is 19.5 Å². The van der Waals surface area contributed by atoms with Crippen LogP contribution in [0.25, 0.3) is 12.2 Å². The van der Waals surface area contributed by atoms with E-state index in [1.54, 1.807) is 18.2 Å². The summed E-state index contributed by atoms with van der Waals surface area (Å²) in [6.07, 6.45) is 5.36. The summed E-state index contributed by atoms with van der Waals surface area (Å²) >= 11 is 0. The Balaban J connectivity index is 2.46. The van der Waals surface area contributed by atoms with E-state index < -0.39 is 22.0 Å². The molecule has 9 heteroatoms. The van der Waals surface area contributed by atoms with Gasteiger partial charge >= 0.3 is 11.2 Å². The van der Waals surface area contributed by atoms with E-state index in [-0.39, 0.29) is 5.82 Å². The van der Waals surface area contributed by atoms with Crippen LogP contribution in [0.4, 0.5) is 5.69 Å². The molecule has 28 heavy (non-hydrogen) atoms. The number of hydrogen-bond donors (Lipinski definition) is 2. The van der Waals surface area contributed by atoms with Crippen molar-refractivity contribution in [1.29, 1.82) is 0 Å². The van der Waals surface area contributed by atoms with Gasteiger partial charge in [0.2, 0.25) is 0 Å². The number of rotatable bonds is 9. The topological polar surface area (TPSA) is 128 Å². The lowest BCUT2D eigenvalue weighted by molar-refractivity contribution is -0.387. The van der Waals surface area contributed by atoms with E-state index >= 15 is 0 Å². The van der Waals surface area contributed by atoms with E-state index in [0.717, 1.165) is 11.1 Å². The van der Waals surface area contributed by atoms with Gasteiger partial charge in [-0.25, -0.2) is 0 Å². The molecule has 2 N–H and O–H groups in total. The van der Waals surface area contributed by atoms with Crippen LogP contribution in [-0.4, -0.2) is 33.2 Å². The third-order valence-electron chi connectivity index (χ3n) is 3.62. The summed E-state index contributed by atoms with van der Waals surface area (Å²) in [5.41, 5.74) is -0.434. The SMILES string of the molecule is C=CCc1cc(/C=C\c2nc(O)c([N+](=O)[O-])c(=O)[nH]2)cc(OCC)c1OCC. The molecular weight excluding hydrogens is 366 g/mol. The highest BCUT2D eigenvalue weighted by Gasteiger charge is 2.21. The van der Waals surface area contributed by atoms with Crippen LogP contribution in [0.3, 0.4) is 0 Å². The van der Waals surface area contributed by atoms with Gasteiger partial charge in [0.05, 0.1) is 18.1 Å². The molecule has 0 radical (unpaired) electrons. The summed E-state index contributed by atoms with van der Waals surface area (Å²) in [6.45, 7) is 8.42. The first-order valence-corrected chi connectivity index (χ1v) is 8.60. The Morgan fingerprint density at radius 3 is 2.57 bits per heavy atom. The van der Waals surface area contributed by atoms with Crippen LogP contribution >= 0.6 is 0 Å². The molecule has 0 spiro atoms. The van der Waals surface area contributed by atoms with Gasteiger partial charge in [-0.05, 0) is 44.0 Å². The number of H-pyrrole nitrogens is 1. The number of aromatic amines is 1. The summed E-state index contributed by atoms with van der Waals surface area (Å²) in [5, 5.41) is 20.4. The van der Waals surface area contributed by atoms with Gasteiger partial charge in [-0.15, -0.1) is 6.58 Å². The number of nitrogens with one attached hydrogen (secondary N) is 1. The lowest BCUT2D eigenvalue weighted by Crippen LogP contribution is -2.14. The number of nitro groups is 1. The fraction of sp³-hybridized carbons (Fsp3) is 0.263. The first kappa shape index (κ1) is 20.7. The molecule has 0 saturated carbocycles. The molecule has 148 valence electrons. The summed E-state index contributed by atoms with van der Waals surface area (Å²) < 4.78 is 11.4. The first-order valence-electron chi connectivity index (χ1n) is 8.60. The lowest BCUT2D eigenvalue weighted by atomic mass is 10.0. The molecule has 2 aromatic rings. The number of nitrogens with zero attached hydrogens (tertiary/aromatic N) is 2. The summed E-state index contributed by atoms with van der Waals surface area (Å²) in [7, 11) is 0. The van der Waals surface area contributed by atoms with Crippen LogP contribution in [0.1, 0.15) is 30.8 Å². The molecule has 2 rings (SSSR count). The quantitative estimate of drug-likeness (QED) is 0.384. The molecule has 0 unspecified atom stereocenters. The average molecular weight is 387 g/mol. The zero-order valence-corrected chi connectivity index (χ0v) is 15.6. The molecule has 0 bridgehead atoms. The Morgan fingerprint density at radius 2 is 2.00 bits per heavy atom. The molecule has 1 aromatic heterocycles. The molecule has 0 aliphatic carbocycles. The fourth-order valence-electron chi connectivity index (χ4n) is 2.55. The van der Waals surface area contributed by atoms with Crippen molar-refractivity contribution in [3.8, 4) is 17.4 Å². The van der Waals surface area contributed by atoms with Crippen molar-refractivity contribution in [2.24, 2.45) is 0 Å². The molecule has 9 nitrogen and oxygen atoms in total. The monoisotopic (exact) mass is 387 g/mol. The second-order valence-electron chi connectivity index (χ2n) is 5.58. The smallest absolute Gasteiger partial charge is 0.395 e. The molecule has 0 saturated heterocycles. The van der Waals surface area contributed by atoms with Crippen molar-refractivity contribution in [3.05, 3.63) is 62.2 Å². The second kappa shape index (κ2) is 9.36. The zero-order chi connectivity index (χ0) is 20.7. The van der Waals surface area contributed by atoms with Crippen LogP contribution in [0, 0.1) is 10.1 Å². The fourth-order valence-corrected chi connectivity index (χ4v) is 2.55. The van der Waals surface area contributed by atoms with Gasteiger partial charge in [-0.2, -0.15) is 4.98 Å². The predicted molar refractivity (Wildman–Crippen MR) is 105 cm³/mol. The normalized spacial score (nSPS) is 10.8. The number of hydrogen-bond acceptors (Lipinski definition) is 7. The van der Waals surface area contributed by atoms with Gasteiger partial charge in [0.1, 0.15) is 5.82 Å². The molecule has 0 atom stereocenters. The molecule has 1 heterocycles. The minimum atomic E-state index is -1.04. The summed E-state index contributed by atoms with van der Waals surface area (Å²) in [4.78, 5) is 27.4. The average Bonchev–Trinajstić information content (AvgIpc) is 2.62. The lowest BCUT2D eigenvalue weighted by Gasteiger charge is -2.15. The van der Waals surface area contributed by atoms with Crippen molar-refractivity contribution in [2.75, 3.05) is 13.2 Å². The number of aromatic hydroxyl groups is 1. The van der Waals surface area contributed by atoms with Gasteiger partial charge in [-0.1, -0.05) is 12.2 Å². The van der Waals surface area contributed by atoms with Crippen LogP contribution < -0.4 is 15.0 Å². The number of aromatic nitrogens is 2. The highest BCUT2D eigenvalue weighted by molar-refractivity contribution is 5.70. The number of allylic oxidation sites excluding steroid dienone is 1. The Hall–Kier alpha value is -3.62. The van der Waals surface area contributed by atoms with E-state index in [9.17, 15) is 20.0 Å². The van der Waals surface area contributed by atoms with Gasteiger partial charge in [0.25, 0.3) is 5.88 Å². The minimum Gasteiger partial charge on any atom is -0.490 e. The molecule has 0 aliphatic rings. The van der Waals surface area contributed by atoms with Gasteiger partial charge in [0.15, 0.2) is 11.5 Å². The van der Waals surface area contributed by atoms with Gasteiger partial charge in [-0.3, -0.25) is 14.9 Å². The Labute approximate surface area is 161 Å². The molecule has 0 amide bonds. The Bertz CT molecular complexity index is 965. The maximum absolute atomic E-state index is 11.7. The second-order valence-corrected chi connectivity index (χ2v) is 5.58. The highest BCUT2D eigenvalue weighted by atomic mass is 16.6. The third kappa shape index (κ3) is 4.76. The van der Waals surface area contributed by atoms with Crippen molar-refractivity contribution in [1.82, 2.24) is 9.97 Å². The van der Waals surface area contributed by atoms with E-state index in [1.165, 1.54) is 6.08 Å². The van der Waals surface area contributed by atoms with Crippen molar-refractivity contribution >= 4 is 17.8 Å². The van der Waals surface area contributed by atoms with Crippen LogP contribution in [0.15, 0.2) is 29.6 Å². The van der Waals surface area contributed by atoms with E-state index in [0.29, 0.717) is 31.1 Å². The van der Waals surface area contributed by atoms with Crippen molar-refractivity contribution in [3.63, 3.8) is 0 Å². The maximum Gasteiger partial charge on any atom is 0.395 e. The molecule has 0 aliphatic heterocycles. The van der Waals surface area contributed by atoms with Crippen molar-refractivity contribution in [2.45, 2.75) is 20.3 Å². The molecular formula is C19H21N3O6. The van der Waals surface area contributed by atoms with Crippen LogP contribution in [0.2, 0.25) is 0 Å². The zero-order valence-electron chi connectivity index (χ0n) is 15.6. The predicted octanol–water partition coefficient (Wildman–Crippen LogP) is 3.08. The summed E-state index contributed by atoms with van der Waals surface area (Å²) in [5.74, 6) is 0.241. The summed E-state index contributed by atoms with van der Waals surface area (Å²) in [6, 6.07) is 3.63. The van der Waals surface area contributed by atoms with Crippen LogP contribution in [0.5, 0.6) is 17.4 Å². The molecule has 0 fully saturated rings. The van der Waals surface area contributed by atoms with E-state index in [4.69, 9.17) is 9.47 Å². The number of benzene rings is 1. The highest BCUT2D eigenvalue weighted by Crippen LogP contribution is 2.34. The van der Waals surface area contributed by atoms with E-state index in [2.05, 4.69) is 16.5 Å². The van der Waals surface area contributed by atoms with E-state index in [1.807, 2.05) is 19.9 Å². The molecule has 1 aromatic carbocycles. The Kier molecular flexibility index (Phi) is 6.91. The Morgan fingerprint density at radius 1 is 1.29 bits per heavy atom. The largest absolute Gasteiger partial charge is 0.490 e.